The van der Waals surface area contributed by atoms with Crippen molar-refractivity contribution in [2.24, 2.45) is 0 Å². The monoisotopic (exact) mass is 372 g/mol. The van der Waals surface area contributed by atoms with Crippen LogP contribution in [0.2, 0.25) is 0 Å². The number of aliphatic hydroxyl groups excluding tert-OH is 1. The number of hydrogen-bond acceptors (Lipinski definition) is 5. The van der Waals surface area contributed by atoms with Crippen molar-refractivity contribution in [2.45, 2.75) is 19.4 Å². The summed E-state index contributed by atoms with van der Waals surface area (Å²) in [6.07, 6.45) is 3.75. The molecule has 0 saturated carbocycles. The Kier molecular flexibility index (Phi) is 4.84. The van der Waals surface area contributed by atoms with E-state index in [0.29, 0.717) is 5.82 Å². The highest BCUT2D eigenvalue weighted by molar-refractivity contribution is 6.08. The highest BCUT2D eigenvalue weighted by atomic mass is 16.3. The van der Waals surface area contributed by atoms with Crippen molar-refractivity contribution < 1.29 is 5.11 Å². The predicted molar refractivity (Wildman–Crippen MR) is 116 cm³/mol. The molecule has 0 spiro atoms. The zero-order valence-electron chi connectivity index (χ0n) is 16.2. The largest absolute Gasteiger partial charge is 0.392 e. The van der Waals surface area contributed by atoms with Gasteiger partial charge < -0.3 is 15.7 Å². The third-order valence-corrected chi connectivity index (χ3v) is 5.12. The Morgan fingerprint density at radius 2 is 1.61 bits per heavy atom. The van der Waals surface area contributed by atoms with E-state index in [9.17, 15) is 5.11 Å². The Bertz CT molecular complexity index is 1140. The van der Waals surface area contributed by atoms with Crippen molar-refractivity contribution in [1.29, 1.82) is 0 Å². The Balaban J connectivity index is 1.65. The van der Waals surface area contributed by atoms with Gasteiger partial charge in [-0.2, -0.15) is 0 Å². The van der Waals surface area contributed by atoms with Gasteiger partial charge in [0.2, 0.25) is 0 Å². The summed E-state index contributed by atoms with van der Waals surface area (Å²) in [5.41, 5.74) is 12.1. The maximum atomic E-state index is 9.38. The van der Waals surface area contributed by atoms with Gasteiger partial charge in [-0.1, -0.05) is 24.3 Å². The molecule has 142 valence electrons. The zero-order chi connectivity index (χ0) is 19.7. The van der Waals surface area contributed by atoms with Crippen LogP contribution in [-0.2, 0) is 19.4 Å². The molecule has 0 bridgehead atoms. The fraction of sp³-hybridized carbons (Fsp3) is 0.217. The highest BCUT2D eigenvalue weighted by Crippen LogP contribution is 2.28. The summed E-state index contributed by atoms with van der Waals surface area (Å²) in [7, 11) is 4.09. The summed E-state index contributed by atoms with van der Waals surface area (Å²) in [6.45, 7) is -0.0134. The van der Waals surface area contributed by atoms with Crippen LogP contribution < -0.4 is 10.6 Å². The number of aromatic nitrogens is 2. The van der Waals surface area contributed by atoms with E-state index in [1.807, 2.05) is 38.5 Å². The van der Waals surface area contributed by atoms with E-state index in [-0.39, 0.29) is 6.61 Å². The van der Waals surface area contributed by atoms with Crippen molar-refractivity contribution >= 4 is 33.3 Å². The molecular formula is C23H24N4O. The standard InChI is InChI=1S/C23H24N4O/c1-27(2)18-8-5-15(6-9-18)3-4-16-11-20-19-10-7-17(14-28)12-21(19)26-23(24)22(20)25-13-16/h5-13,28H,3-4,14H2,1-2H3,(H2,24,26). The summed E-state index contributed by atoms with van der Waals surface area (Å²) >= 11 is 0. The Hall–Kier alpha value is -3.18. The predicted octanol–water partition coefficient (Wildman–Crippen LogP) is 3.71. The van der Waals surface area contributed by atoms with E-state index in [1.54, 1.807) is 0 Å². The minimum atomic E-state index is -0.0134. The second kappa shape index (κ2) is 7.44. The fourth-order valence-electron chi connectivity index (χ4n) is 3.48. The number of nitrogen functional groups attached to an aromatic ring is 1. The number of anilines is 2. The van der Waals surface area contributed by atoms with Gasteiger partial charge in [0, 0.05) is 36.8 Å². The Labute approximate surface area is 164 Å². The Morgan fingerprint density at radius 1 is 0.893 bits per heavy atom. The van der Waals surface area contributed by atoms with Gasteiger partial charge in [-0.15, -0.1) is 0 Å². The van der Waals surface area contributed by atoms with E-state index in [4.69, 9.17) is 5.73 Å². The van der Waals surface area contributed by atoms with Gasteiger partial charge in [0.05, 0.1) is 12.1 Å². The average Bonchev–Trinajstić information content (AvgIpc) is 2.72. The van der Waals surface area contributed by atoms with E-state index in [0.717, 1.165) is 40.2 Å². The number of nitrogens with two attached hydrogens (primary N) is 1. The first kappa shape index (κ1) is 18.2. The number of rotatable bonds is 5. The van der Waals surface area contributed by atoms with Gasteiger partial charge in [0.15, 0.2) is 5.82 Å². The lowest BCUT2D eigenvalue weighted by atomic mass is 10.0. The molecule has 0 atom stereocenters. The topological polar surface area (TPSA) is 75.3 Å². The zero-order valence-corrected chi connectivity index (χ0v) is 16.2. The second-order valence-electron chi connectivity index (χ2n) is 7.31. The molecule has 0 amide bonds. The van der Waals surface area contributed by atoms with Gasteiger partial charge in [-0.25, -0.2) is 4.98 Å². The first-order valence-electron chi connectivity index (χ1n) is 9.39. The first-order valence-corrected chi connectivity index (χ1v) is 9.39. The minimum Gasteiger partial charge on any atom is -0.392 e. The van der Waals surface area contributed by atoms with Gasteiger partial charge in [0.25, 0.3) is 0 Å². The van der Waals surface area contributed by atoms with E-state index >= 15 is 0 Å². The molecular weight excluding hydrogens is 348 g/mol. The number of nitrogens with zero attached hydrogens (tertiary/aromatic N) is 3. The van der Waals surface area contributed by atoms with E-state index in [2.05, 4.69) is 45.2 Å². The normalized spacial score (nSPS) is 11.2. The number of pyridine rings is 2. The summed E-state index contributed by atoms with van der Waals surface area (Å²) < 4.78 is 0. The van der Waals surface area contributed by atoms with Crippen LogP contribution in [-0.4, -0.2) is 29.2 Å². The molecule has 0 aliphatic carbocycles. The lowest BCUT2D eigenvalue weighted by Gasteiger charge is -2.13. The molecule has 3 N–H and O–H groups in total. The lowest BCUT2D eigenvalue weighted by Crippen LogP contribution is -2.08. The van der Waals surface area contributed by atoms with Crippen molar-refractivity contribution in [1.82, 2.24) is 9.97 Å². The van der Waals surface area contributed by atoms with Gasteiger partial charge in [-0.05, 0) is 53.8 Å². The molecule has 5 heteroatoms. The minimum absolute atomic E-state index is 0.0134. The maximum Gasteiger partial charge on any atom is 0.150 e. The van der Waals surface area contributed by atoms with Crippen LogP contribution in [0.15, 0.2) is 54.7 Å². The van der Waals surface area contributed by atoms with Crippen LogP contribution in [0.4, 0.5) is 11.5 Å². The second-order valence-corrected chi connectivity index (χ2v) is 7.31. The highest BCUT2D eigenvalue weighted by Gasteiger charge is 2.09. The van der Waals surface area contributed by atoms with Gasteiger partial charge in [-0.3, -0.25) is 4.98 Å². The Morgan fingerprint density at radius 3 is 2.32 bits per heavy atom. The molecule has 28 heavy (non-hydrogen) atoms. The number of benzene rings is 2. The molecule has 0 radical (unpaired) electrons. The molecule has 2 heterocycles. The molecule has 4 rings (SSSR count). The molecule has 2 aromatic heterocycles. The van der Waals surface area contributed by atoms with Crippen LogP contribution in [0.5, 0.6) is 0 Å². The number of aryl methyl sites for hydroxylation is 2. The summed E-state index contributed by atoms with van der Waals surface area (Å²) in [5.74, 6) is 0.420. The molecule has 0 saturated heterocycles. The van der Waals surface area contributed by atoms with Gasteiger partial charge >= 0.3 is 0 Å². The van der Waals surface area contributed by atoms with Crippen molar-refractivity contribution in [3.05, 3.63) is 71.4 Å². The van der Waals surface area contributed by atoms with Crippen LogP contribution in [0.25, 0.3) is 21.8 Å². The lowest BCUT2D eigenvalue weighted by molar-refractivity contribution is 0.282. The quantitative estimate of drug-likeness (QED) is 0.522. The first-order chi connectivity index (χ1) is 13.5. The number of fused-ring (bicyclic) bond motifs is 3. The summed E-state index contributed by atoms with van der Waals surface area (Å²) in [4.78, 5) is 11.1. The fourth-order valence-corrected chi connectivity index (χ4v) is 3.48. The van der Waals surface area contributed by atoms with Crippen molar-refractivity contribution in [3.8, 4) is 0 Å². The molecule has 5 nitrogen and oxygen atoms in total. The third kappa shape index (κ3) is 3.49. The van der Waals surface area contributed by atoms with Crippen LogP contribution in [0, 0.1) is 0 Å². The third-order valence-electron chi connectivity index (χ3n) is 5.12. The molecule has 4 aromatic rings. The van der Waals surface area contributed by atoms with Crippen LogP contribution in [0.1, 0.15) is 16.7 Å². The number of hydrogen-bond donors (Lipinski definition) is 2. The van der Waals surface area contributed by atoms with Crippen LogP contribution in [0.3, 0.4) is 0 Å². The van der Waals surface area contributed by atoms with E-state index < -0.39 is 0 Å². The average molecular weight is 372 g/mol. The SMILES string of the molecule is CN(C)c1ccc(CCc2cnc3c(N)nc4cc(CO)ccc4c3c2)cc1. The molecule has 2 aromatic carbocycles. The smallest absolute Gasteiger partial charge is 0.150 e. The van der Waals surface area contributed by atoms with E-state index in [1.165, 1.54) is 16.8 Å². The summed E-state index contributed by atoms with van der Waals surface area (Å²) in [6, 6.07) is 16.6. The van der Waals surface area contributed by atoms with Crippen LogP contribution >= 0.6 is 0 Å². The summed E-state index contributed by atoms with van der Waals surface area (Å²) in [5, 5.41) is 11.4. The van der Waals surface area contributed by atoms with Crippen molar-refractivity contribution in [2.75, 3.05) is 24.7 Å². The number of aliphatic hydroxyl groups is 1. The van der Waals surface area contributed by atoms with Gasteiger partial charge in [0.1, 0.15) is 5.52 Å². The molecule has 0 unspecified atom stereocenters. The molecule has 0 fully saturated rings. The van der Waals surface area contributed by atoms with Crippen molar-refractivity contribution in [3.63, 3.8) is 0 Å². The maximum absolute atomic E-state index is 9.38. The molecule has 0 aliphatic rings. The molecule has 0 aliphatic heterocycles.